The fourth-order valence-electron chi connectivity index (χ4n) is 7.49. The Morgan fingerprint density at radius 2 is 1.65 bits per heavy atom. The zero-order valence-electron chi connectivity index (χ0n) is 24.1. The smallest absolute Gasteiger partial charge is 0.231 e. The molecule has 5 nitrogen and oxygen atoms in total. The van der Waals surface area contributed by atoms with Crippen LogP contribution in [0.5, 0.6) is 23.0 Å². The van der Waals surface area contributed by atoms with E-state index in [-0.39, 0.29) is 6.04 Å². The number of hydrogen-bond donors (Lipinski definition) is 0. The first kappa shape index (κ1) is 25.4. The Balaban J connectivity index is 1.48. The number of nitrogens with zero attached hydrogens (tertiary/aromatic N) is 1. The van der Waals surface area contributed by atoms with Crippen molar-refractivity contribution in [2.45, 2.75) is 64.3 Å². The Labute approximate surface area is 237 Å². The molecule has 1 atom stereocenters. The van der Waals surface area contributed by atoms with E-state index >= 15 is 0 Å². The van der Waals surface area contributed by atoms with E-state index in [4.69, 9.17) is 18.9 Å². The van der Waals surface area contributed by atoms with Crippen LogP contribution in [0.25, 0.3) is 11.3 Å². The van der Waals surface area contributed by atoms with Crippen molar-refractivity contribution in [2.75, 3.05) is 27.6 Å². The molecule has 0 saturated heterocycles. The molecule has 1 aliphatic carbocycles. The molecule has 4 aliphatic rings. The number of fused-ring (bicyclic) bond motifs is 5. The Hall–Kier alpha value is -3.60. The zero-order valence-corrected chi connectivity index (χ0v) is 24.1. The maximum Gasteiger partial charge on any atom is 0.231 e. The second-order valence-electron chi connectivity index (χ2n) is 12.0. The Bertz CT molecular complexity index is 1470. The van der Waals surface area contributed by atoms with E-state index in [9.17, 15) is 0 Å². The van der Waals surface area contributed by atoms with Gasteiger partial charge in [0.2, 0.25) is 6.79 Å². The van der Waals surface area contributed by atoms with Crippen molar-refractivity contribution in [3.63, 3.8) is 0 Å². The summed E-state index contributed by atoms with van der Waals surface area (Å²) in [6.07, 6.45) is 6.90. The summed E-state index contributed by atoms with van der Waals surface area (Å²) < 4.78 is 23.7. The lowest BCUT2D eigenvalue weighted by atomic mass is 9.76. The molecule has 0 bridgehead atoms. The molecule has 5 heteroatoms. The molecule has 3 aromatic rings. The third-order valence-electron chi connectivity index (χ3n) is 9.46. The van der Waals surface area contributed by atoms with Gasteiger partial charge in [0.05, 0.1) is 20.3 Å². The maximum absolute atomic E-state index is 6.16. The number of hydrogen-bond acceptors (Lipinski definition) is 5. The zero-order chi connectivity index (χ0) is 27.4. The summed E-state index contributed by atoms with van der Waals surface area (Å²) in [5.41, 5.74) is 10.6. The van der Waals surface area contributed by atoms with Gasteiger partial charge in [0.1, 0.15) is 0 Å². The molecular formula is C35H39NO4. The molecule has 1 saturated carbocycles. The minimum absolute atomic E-state index is 0.253. The van der Waals surface area contributed by atoms with Crippen LogP contribution in [0.15, 0.2) is 48.5 Å². The van der Waals surface area contributed by atoms with Crippen molar-refractivity contribution >= 4 is 11.3 Å². The summed E-state index contributed by atoms with van der Waals surface area (Å²) in [7, 11) is 3.54. The highest BCUT2D eigenvalue weighted by Gasteiger charge is 2.43. The van der Waals surface area contributed by atoms with Crippen LogP contribution >= 0.6 is 0 Å². The molecular weight excluding hydrogens is 498 g/mol. The van der Waals surface area contributed by atoms with E-state index in [1.165, 1.54) is 70.3 Å². The first-order chi connectivity index (χ1) is 19.6. The van der Waals surface area contributed by atoms with Gasteiger partial charge in [-0.3, -0.25) is 0 Å². The van der Waals surface area contributed by atoms with Gasteiger partial charge in [0.15, 0.2) is 23.0 Å². The number of allylic oxidation sites excluding steroid dienone is 1. The predicted octanol–water partition coefficient (Wildman–Crippen LogP) is 7.77. The minimum Gasteiger partial charge on any atom is -0.493 e. The lowest BCUT2D eigenvalue weighted by Gasteiger charge is -2.48. The van der Waals surface area contributed by atoms with Crippen molar-refractivity contribution in [3.05, 3.63) is 81.9 Å². The van der Waals surface area contributed by atoms with Gasteiger partial charge in [-0.25, -0.2) is 0 Å². The van der Waals surface area contributed by atoms with E-state index in [1.807, 2.05) is 0 Å². The van der Waals surface area contributed by atoms with Crippen LogP contribution in [0.4, 0.5) is 0 Å². The molecule has 0 amide bonds. The average molecular weight is 538 g/mol. The molecule has 3 aromatic carbocycles. The highest BCUT2D eigenvalue weighted by atomic mass is 16.7. The number of ether oxygens (including phenoxy) is 4. The first-order valence-electron chi connectivity index (χ1n) is 14.8. The van der Waals surface area contributed by atoms with Crippen molar-refractivity contribution in [1.29, 1.82) is 0 Å². The molecule has 3 heterocycles. The number of benzene rings is 3. The standard InChI is InChI=1S/C35H39NO4/c1-21(2)23-11-9-22(10-12-23)17-28-26-13-14-29(37-3)35(38-4)32(26)33(24-7-5-6-8-24)36-16-15-25-18-30-31(40-20-39-30)19-27(25)34(28)36/h9-14,18-19,21,24,33H,5-8,15-17,20H2,1-4H3/t33-/m1/s1. The van der Waals surface area contributed by atoms with Crippen molar-refractivity contribution in [1.82, 2.24) is 4.90 Å². The summed E-state index contributed by atoms with van der Waals surface area (Å²) in [5.74, 6) is 4.52. The predicted molar refractivity (Wildman–Crippen MR) is 158 cm³/mol. The van der Waals surface area contributed by atoms with E-state index < -0.39 is 0 Å². The van der Waals surface area contributed by atoms with Gasteiger partial charge in [0.25, 0.3) is 0 Å². The molecule has 0 spiro atoms. The molecule has 0 unspecified atom stereocenters. The molecule has 208 valence electrons. The second kappa shape index (κ2) is 10.1. The second-order valence-corrected chi connectivity index (χ2v) is 12.0. The van der Waals surface area contributed by atoms with Crippen LogP contribution in [0.1, 0.15) is 84.9 Å². The van der Waals surface area contributed by atoms with E-state index in [0.717, 1.165) is 42.4 Å². The van der Waals surface area contributed by atoms with Crippen molar-refractivity contribution < 1.29 is 18.9 Å². The van der Waals surface area contributed by atoms with E-state index in [1.54, 1.807) is 14.2 Å². The first-order valence-corrected chi connectivity index (χ1v) is 14.8. The molecule has 0 aromatic heterocycles. The highest BCUT2D eigenvalue weighted by molar-refractivity contribution is 5.96. The molecule has 1 fully saturated rings. The van der Waals surface area contributed by atoms with Crippen LogP contribution in [0, 0.1) is 5.92 Å². The van der Waals surface area contributed by atoms with E-state index in [0.29, 0.717) is 18.6 Å². The topological polar surface area (TPSA) is 40.2 Å². The van der Waals surface area contributed by atoms with Crippen LogP contribution in [-0.4, -0.2) is 32.5 Å². The lowest BCUT2D eigenvalue weighted by molar-refractivity contribution is 0.174. The summed E-state index contributed by atoms with van der Waals surface area (Å²) in [4.78, 5) is 2.71. The SMILES string of the molecule is COc1ccc2c(c1OC)[C@@H](C1CCCC1)N1CCc3cc4c(cc3C1=C2Cc1ccc(C(C)C)cc1)OCO4. The highest BCUT2D eigenvalue weighted by Crippen LogP contribution is 2.57. The molecule has 3 aliphatic heterocycles. The number of methoxy groups -OCH3 is 2. The largest absolute Gasteiger partial charge is 0.493 e. The van der Waals surface area contributed by atoms with Crippen LogP contribution in [0.2, 0.25) is 0 Å². The third kappa shape index (κ3) is 4.05. The van der Waals surface area contributed by atoms with Crippen molar-refractivity contribution in [3.8, 4) is 23.0 Å². The van der Waals surface area contributed by atoms with E-state index in [2.05, 4.69) is 67.3 Å². The normalized spacial score (nSPS) is 19.5. The van der Waals surface area contributed by atoms with Gasteiger partial charge in [-0.05, 0) is 77.1 Å². The molecule has 7 rings (SSSR count). The third-order valence-corrected chi connectivity index (χ3v) is 9.46. The van der Waals surface area contributed by atoms with Gasteiger partial charge < -0.3 is 23.8 Å². The molecule has 40 heavy (non-hydrogen) atoms. The molecule has 0 radical (unpaired) electrons. The fraction of sp³-hybridized carbons (Fsp3) is 0.429. The summed E-state index contributed by atoms with van der Waals surface area (Å²) in [5, 5.41) is 0. The van der Waals surface area contributed by atoms with Crippen molar-refractivity contribution in [2.24, 2.45) is 5.92 Å². The summed E-state index contributed by atoms with van der Waals surface area (Å²) in [6, 6.07) is 18.3. The summed E-state index contributed by atoms with van der Waals surface area (Å²) >= 11 is 0. The van der Waals surface area contributed by atoms with Gasteiger partial charge in [-0.15, -0.1) is 0 Å². The minimum atomic E-state index is 0.253. The Kier molecular flexibility index (Phi) is 6.41. The summed E-state index contributed by atoms with van der Waals surface area (Å²) in [6.45, 7) is 5.76. The maximum atomic E-state index is 6.16. The van der Waals surface area contributed by atoms with Crippen LogP contribution < -0.4 is 18.9 Å². The molecule has 0 N–H and O–H groups in total. The van der Waals surface area contributed by atoms with Gasteiger partial charge in [0, 0.05) is 29.8 Å². The Morgan fingerprint density at radius 3 is 2.35 bits per heavy atom. The average Bonchev–Trinajstić information content (AvgIpc) is 3.67. The van der Waals surface area contributed by atoms with Gasteiger partial charge in [-0.1, -0.05) is 57.0 Å². The fourth-order valence-corrected chi connectivity index (χ4v) is 7.49. The number of rotatable bonds is 6. The van der Waals surface area contributed by atoms with Gasteiger partial charge in [-0.2, -0.15) is 0 Å². The quantitative estimate of drug-likeness (QED) is 0.321. The lowest BCUT2D eigenvalue weighted by Crippen LogP contribution is -2.40. The van der Waals surface area contributed by atoms with Crippen LogP contribution in [0.3, 0.4) is 0 Å². The Morgan fingerprint density at radius 1 is 0.900 bits per heavy atom. The van der Waals surface area contributed by atoms with Gasteiger partial charge >= 0.3 is 0 Å². The monoisotopic (exact) mass is 537 g/mol. The van der Waals surface area contributed by atoms with Crippen LogP contribution in [-0.2, 0) is 12.8 Å².